The quantitative estimate of drug-likeness (QED) is 0.761. The number of piperidine rings is 1. The molecule has 5 rings (SSSR count). The van der Waals surface area contributed by atoms with Crippen LogP contribution in [0.15, 0.2) is 6.20 Å². The molecule has 7 heteroatoms. The fourth-order valence-corrected chi connectivity index (χ4v) is 4.99. The monoisotopic (exact) mass is 408 g/mol. The highest BCUT2D eigenvalue weighted by Crippen LogP contribution is 2.36. The van der Waals surface area contributed by atoms with Crippen LogP contribution in [0.5, 0.6) is 0 Å². The Morgan fingerprint density at radius 3 is 2.67 bits per heavy atom. The third kappa shape index (κ3) is 3.87. The molecule has 2 aromatic heterocycles. The van der Waals surface area contributed by atoms with Crippen LogP contribution < -0.4 is 4.90 Å². The number of amides is 1. The molecule has 2 aromatic rings. The Morgan fingerprint density at radius 2 is 1.93 bits per heavy atom. The topological polar surface area (TPSA) is 67.2 Å². The van der Waals surface area contributed by atoms with Crippen LogP contribution in [0.1, 0.15) is 66.4 Å². The van der Waals surface area contributed by atoms with E-state index >= 15 is 0 Å². The molecule has 1 amide bonds. The fraction of sp³-hybridized carbons (Fsp3) is 0.652. The van der Waals surface area contributed by atoms with Gasteiger partial charge in [-0.25, -0.2) is 9.97 Å². The van der Waals surface area contributed by atoms with E-state index < -0.39 is 0 Å². The second-order valence-electron chi connectivity index (χ2n) is 9.40. The number of hydrogen-bond acceptors (Lipinski definition) is 5. The Kier molecular flexibility index (Phi) is 5.09. The van der Waals surface area contributed by atoms with Crippen molar-refractivity contribution in [3.63, 3.8) is 0 Å². The number of fused-ring (bicyclic) bond motifs is 1. The maximum absolute atomic E-state index is 12.7. The van der Waals surface area contributed by atoms with Crippen molar-refractivity contribution in [2.24, 2.45) is 13.0 Å². The second kappa shape index (κ2) is 7.76. The van der Waals surface area contributed by atoms with E-state index in [1.807, 2.05) is 16.6 Å². The highest BCUT2D eigenvalue weighted by Gasteiger charge is 2.34. The summed E-state index contributed by atoms with van der Waals surface area (Å²) in [5, 5.41) is 4.49. The van der Waals surface area contributed by atoms with Crippen LogP contribution in [0.25, 0.3) is 0 Å². The van der Waals surface area contributed by atoms with Gasteiger partial charge in [-0.2, -0.15) is 5.10 Å². The summed E-state index contributed by atoms with van der Waals surface area (Å²) in [4.78, 5) is 27.1. The zero-order chi connectivity index (χ0) is 20.8. The Hall–Kier alpha value is -2.28. The zero-order valence-electron chi connectivity index (χ0n) is 18.4. The number of nitrogens with zero attached hydrogens (tertiary/aromatic N) is 6. The van der Waals surface area contributed by atoms with E-state index in [1.165, 1.54) is 24.0 Å². The zero-order valence-corrected chi connectivity index (χ0v) is 18.4. The number of carbonyl (C=O) groups excluding carboxylic acids is 1. The molecular formula is C23H32N6O. The number of anilines is 1. The highest BCUT2D eigenvalue weighted by atomic mass is 16.2. The van der Waals surface area contributed by atoms with Gasteiger partial charge >= 0.3 is 0 Å². The fourth-order valence-electron chi connectivity index (χ4n) is 4.99. The van der Waals surface area contributed by atoms with Crippen molar-refractivity contribution in [3.8, 4) is 0 Å². The number of rotatable bonds is 5. The van der Waals surface area contributed by atoms with Gasteiger partial charge in [0.15, 0.2) is 0 Å². The molecule has 0 N–H and O–H groups in total. The van der Waals surface area contributed by atoms with Gasteiger partial charge in [0.2, 0.25) is 5.91 Å². The van der Waals surface area contributed by atoms with Gasteiger partial charge in [-0.05, 0) is 58.4 Å². The van der Waals surface area contributed by atoms with Gasteiger partial charge in [-0.1, -0.05) is 0 Å². The first-order valence-electron chi connectivity index (χ1n) is 11.4. The maximum Gasteiger partial charge on any atom is 0.228 e. The van der Waals surface area contributed by atoms with Gasteiger partial charge in [-0.3, -0.25) is 19.3 Å². The first-order chi connectivity index (χ1) is 14.5. The minimum Gasteiger partial charge on any atom is -0.298 e. The summed E-state index contributed by atoms with van der Waals surface area (Å²) in [6.07, 6.45) is 8.22. The van der Waals surface area contributed by atoms with E-state index in [9.17, 15) is 4.79 Å². The van der Waals surface area contributed by atoms with Crippen LogP contribution in [0.2, 0.25) is 0 Å². The van der Waals surface area contributed by atoms with Crippen molar-refractivity contribution in [3.05, 3.63) is 34.5 Å². The number of aromatic nitrogens is 4. The van der Waals surface area contributed by atoms with Crippen molar-refractivity contribution < 1.29 is 4.79 Å². The molecule has 1 saturated heterocycles. The standard InChI is InChI=1S/C23H32N6O/c1-15-19(12-27(3)26-15)14-28-10-4-5-18(13-28)22-24-16(2)20-8-9-21(30)29(23(20)25-22)11-17-6-7-17/h12,17-18H,4-11,13-14H2,1-3H3/t18-/m1/s1. The second-order valence-corrected chi connectivity index (χ2v) is 9.40. The van der Waals surface area contributed by atoms with Crippen LogP contribution >= 0.6 is 0 Å². The van der Waals surface area contributed by atoms with E-state index in [1.54, 1.807) is 0 Å². The predicted molar refractivity (Wildman–Crippen MR) is 115 cm³/mol. The summed E-state index contributed by atoms with van der Waals surface area (Å²) in [6, 6.07) is 0. The number of carbonyl (C=O) groups is 1. The third-order valence-electron chi connectivity index (χ3n) is 6.87. The molecule has 4 heterocycles. The van der Waals surface area contributed by atoms with Gasteiger partial charge in [0, 0.05) is 62.0 Å². The molecule has 0 aromatic carbocycles. The first-order valence-corrected chi connectivity index (χ1v) is 11.4. The molecule has 1 atom stereocenters. The predicted octanol–water partition coefficient (Wildman–Crippen LogP) is 2.90. The van der Waals surface area contributed by atoms with Crippen molar-refractivity contribution in [2.45, 2.75) is 64.8 Å². The average Bonchev–Trinajstić information content (AvgIpc) is 3.48. The average molecular weight is 409 g/mol. The minimum absolute atomic E-state index is 0.232. The summed E-state index contributed by atoms with van der Waals surface area (Å²) in [7, 11) is 1.98. The summed E-state index contributed by atoms with van der Waals surface area (Å²) < 4.78 is 1.90. The van der Waals surface area contributed by atoms with Gasteiger partial charge in [0.25, 0.3) is 0 Å². The minimum atomic E-state index is 0.232. The lowest BCUT2D eigenvalue weighted by molar-refractivity contribution is -0.119. The molecule has 160 valence electrons. The van der Waals surface area contributed by atoms with Gasteiger partial charge in [-0.15, -0.1) is 0 Å². The molecular weight excluding hydrogens is 376 g/mol. The molecule has 0 bridgehead atoms. The van der Waals surface area contributed by atoms with E-state index in [0.717, 1.165) is 68.5 Å². The SMILES string of the molecule is Cc1nn(C)cc1CN1CCC[C@@H](c2nc(C)c3c(n2)N(CC2CC2)C(=O)CC3)C1. The summed E-state index contributed by atoms with van der Waals surface area (Å²) in [5.74, 6) is 3.04. The third-order valence-corrected chi connectivity index (χ3v) is 6.87. The van der Waals surface area contributed by atoms with Crippen LogP contribution in [0, 0.1) is 19.8 Å². The van der Waals surface area contributed by atoms with Crippen LogP contribution in [0.4, 0.5) is 5.82 Å². The van der Waals surface area contributed by atoms with Crippen LogP contribution in [0.3, 0.4) is 0 Å². The largest absolute Gasteiger partial charge is 0.298 e. The van der Waals surface area contributed by atoms with E-state index in [-0.39, 0.29) is 5.91 Å². The highest BCUT2D eigenvalue weighted by molar-refractivity contribution is 5.95. The summed E-state index contributed by atoms with van der Waals surface area (Å²) in [6.45, 7) is 7.99. The molecule has 1 saturated carbocycles. The normalized spacial score (nSPS) is 22.4. The summed E-state index contributed by atoms with van der Waals surface area (Å²) >= 11 is 0. The lowest BCUT2D eigenvalue weighted by Gasteiger charge is -2.34. The molecule has 3 aliphatic rings. The number of hydrogen-bond donors (Lipinski definition) is 0. The van der Waals surface area contributed by atoms with Crippen molar-refractivity contribution in [2.75, 3.05) is 24.5 Å². The first kappa shape index (κ1) is 19.7. The van der Waals surface area contributed by atoms with Crippen molar-refractivity contribution in [1.29, 1.82) is 0 Å². The van der Waals surface area contributed by atoms with E-state index in [2.05, 4.69) is 30.0 Å². The molecule has 7 nitrogen and oxygen atoms in total. The van der Waals surface area contributed by atoms with Gasteiger partial charge in [0.1, 0.15) is 11.6 Å². The lowest BCUT2D eigenvalue weighted by atomic mass is 9.95. The smallest absolute Gasteiger partial charge is 0.228 e. The Balaban J connectivity index is 1.38. The maximum atomic E-state index is 12.7. The van der Waals surface area contributed by atoms with Gasteiger partial charge in [0.05, 0.1) is 5.69 Å². The Labute approximate surface area is 178 Å². The molecule has 0 spiro atoms. The Morgan fingerprint density at radius 1 is 1.10 bits per heavy atom. The van der Waals surface area contributed by atoms with Crippen molar-refractivity contribution in [1.82, 2.24) is 24.6 Å². The van der Waals surface area contributed by atoms with E-state index in [4.69, 9.17) is 9.97 Å². The van der Waals surface area contributed by atoms with Gasteiger partial charge < -0.3 is 0 Å². The van der Waals surface area contributed by atoms with Crippen LogP contribution in [-0.4, -0.2) is 50.2 Å². The summed E-state index contributed by atoms with van der Waals surface area (Å²) in [5.41, 5.74) is 4.64. The Bertz CT molecular complexity index is 963. The lowest BCUT2D eigenvalue weighted by Crippen LogP contribution is -2.39. The molecule has 30 heavy (non-hydrogen) atoms. The van der Waals surface area contributed by atoms with Crippen molar-refractivity contribution >= 4 is 11.7 Å². The van der Waals surface area contributed by atoms with E-state index in [0.29, 0.717) is 18.3 Å². The number of aryl methyl sites for hydroxylation is 3. The molecule has 1 aliphatic carbocycles. The molecule has 2 aliphatic heterocycles. The van der Waals surface area contributed by atoms with Crippen LogP contribution in [-0.2, 0) is 24.8 Å². The molecule has 0 unspecified atom stereocenters. The molecule has 0 radical (unpaired) electrons. The molecule has 2 fully saturated rings. The number of likely N-dealkylation sites (tertiary alicyclic amines) is 1.